The van der Waals surface area contributed by atoms with Gasteiger partial charge in [-0.15, -0.1) is 22.9 Å². The van der Waals surface area contributed by atoms with Gasteiger partial charge in [0.05, 0.1) is 4.88 Å². The molecule has 0 atom stereocenters. The zero-order chi connectivity index (χ0) is 10.1. The Kier molecular flexibility index (Phi) is 2.44. The van der Waals surface area contributed by atoms with Crippen molar-refractivity contribution in [1.29, 1.82) is 0 Å². The molecule has 0 spiro atoms. The third kappa shape index (κ3) is 1.38. The van der Waals surface area contributed by atoms with Gasteiger partial charge in [-0.1, -0.05) is 6.07 Å². The molecule has 2 nitrogen and oxygen atoms in total. The summed E-state index contributed by atoms with van der Waals surface area (Å²) in [5.41, 5.74) is 0.942. The van der Waals surface area contributed by atoms with E-state index in [1.807, 2.05) is 0 Å². The van der Waals surface area contributed by atoms with Gasteiger partial charge in [0, 0.05) is 16.0 Å². The van der Waals surface area contributed by atoms with Gasteiger partial charge in [0.25, 0.3) is 0 Å². The number of aldehydes is 1. The molecule has 0 aliphatic rings. The van der Waals surface area contributed by atoms with Crippen molar-refractivity contribution >= 4 is 39.3 Å². The number of aromatic hydroxyl groups is 1. The van der Waals surface area contributed by atoms with E-state index in [1.54, 1.807) is 18.2 Å². The summed E-state index contributed by atoms with van der Waals surface area (Å²) >= 11 is 7.10. The van der Waals surface area contributed by atoms with Crippen LogP contribution in [-0.2, 0) is 5.88 Å². The number of phenolic OH excluding ortho intramolecular Hbond substituents is 1. The Morgan fingerprint density at radius 2 is 2.29 bits per heavy atom. The number of carbonyl (C=O) groups is 1. The number of alkyl halides is 1. The molecular formula is C10H7ClO2S. The second kappa shape index (κ2) is 3.59. The van der Waals surface area contributed by atoms with Crippen LogP contribution in [0.15, 0.2) is 18.2 Å². The number of carbonyl (C=O) groups excluding carboxylic acids is 1. The first-order valence-corrected chi connectivity index (χ1v) is 5.37. The summed E-state index contributed by atoms with van der Waals surface area (Å²) in [5.74, 6) is 0.577. The maximum Gasteiger partial charge on any atom is 0.160 e. The van der Waals surface area contributed by atoms with E-state index in [2.05, 4.69) is 0 Å². The summed E-state index contributed by atoms with van der Waals surface area (Å²) in [4.78, 5) is 11.2. The summed E-state index contributed by atoms with van der Waals surface area (Å²) in [5, 5.41) is 10.3. The SMILES string of the molecule is O=Cc1cc2c(O)ccc(CCl)c2s1. The van der Waals surface area contributed by atoms with Crippen LogP contribution in [-0.4, -0.2) is 11.4 Å². The van der Waals surface area contributed by atoms with E-state index in [1.165, 1.54) is 11.3 Å². The average Bonchev–Trinajstić information content (AvgIpc) is 2.63. The third-order valence-corrected chi connectivity index (χ3v) is 3.45. The molecule has 0 aliphatic carbocycles. The minimum atomic E-state index is 0.193. The highest BCUT2D eigenvalue weighted by molar-refractivity contribution is 7.20. The van der Waals surface area contributed by atoms with Gasteiger partial charge in [0.1, 0.15) is 5.75 Å². The fraction of sp³-hybridized carbons (Fsp3) is 0.100. The molecule has 1 aromatic carbocycles. The Morgan fingerprint density at radius 3 is 2.93 bits per heavy atom. The number of hydrogen-bond acceptors (Lipinski definition) is 3. The van der Waals surface area contributed by atoms with Crippen molar-refractivity contribution in [3.8, 4) is 5.75 Å². The number of benzene rings is 1. The lowest BCUT2D eigenvalue weighted by Gasteiger charge is -1.99. The van der Waals surface area contributed by atoms with Crippen molar-refractivity contribution in [1.82, 2.24) is 0 Å². The molecular weight excluding hydrogens is 220 g/mol. The molecule has 0 saturated carbocycles. The van der Waals surface area contributed by atoms with Crippen LogP contribution >= 0.6 is 22.9 Å². The lowest BCUT2D eigenvalue weighted by atomic mass is 10.1. The molecule has 2 rings (SSSR count). The number of phenols is 1. The highest BCUT2D eigenvalue weighted by atomic mass is 35.5. The molecule has 4 heteroatoms. The smallest absolute Gasteiger partial charge is 0.160 e. The van der Waals surface area contributed by atoms with Crippen LogP contribution in [0.5, 0.6) is 5.75 Å². The van der Waals surface area contributed by atoms with E-state index in [-0.39, 0.29) is 5.75 Å². The average molecular weight is 227 g/mol. The van der Waals surface area contributed by atoms with Gasteiger partial charge in [-0.25, -0.2) is 0 Å². The topological polar surface area (TPSA) is 37.3 Å². The normalized spacial score (nSPS) is 10.6. The fourth-order valence-electron chi connectivity index (χ4n) is 1.35. The first kappa shape index (κ1) is 9.49. The van der Waals surface area contributed by atoms with Crippen LogP contribution in [0.3, 0.4) is 0 Å². The van der Waals surface area contributed by atoms with Crippen LogP contribution in [0.4, 0.5) is 0 Å². The second-order valence-corrected chi connectivity index (χ2v) is 4.24. The van der Waals surface area contributed by atoms with E-state index in [0.717, 1.165) is 16.5 Å². The van der Waals surface area contributed by atoms with E-state index in [0.29, 0.717) is 16.1 Å². The first-order valence-electron chi connectivity index (χ1n) is 4.02. The van der Waals surface area contributed by atoms with Gasteiger partial charge in [-0.05, 0) is 17.7 Å². The predicted molar refractivity (Wildman–Crippen MR) is 58.4 cm³/mol. The quantitative estimate of drug-likeness (QED) is 0.631. The number of fused-ring (bicyclic) bond motifs is 1. The molecule has 0 saturated heterocycles. The molecule has 1 aromatic heterocycles. The van der Waals surface area contributed by atoms with Crippen molar-refractivity contribution < 1.29 is 9.90 Å². The summed E-state index contributed by atoms with van der Waals surface area (Å²) < 4.78 is 0.891. The third-order valence-electron chi connectivity index (χ3n) is 2.02. The maximum atomic E-state index is 10.6. The maximum absolute atomic E-state index is 10.6. The van der Waals surface area contributed by atoms with Crippen molar-refractivity contribution in [2.24, 2.45) is 0 Å². The summed E-state index contributed by atoms with van der Waals surface area (Å²) in [6, 6.07) is 5.05. The van der Waals surface area contributed by atoms with Crippen LogP contribution in [0, 0.1) is 0 Å². The fourth-order valence-corrected chi connectivity index (χ4v) is 2.65. The van der Waals surface area contributed by atoms with Gasteiger partial charge < -0.3 is 5.11 Å². The van der Waals surface area contributed by atoms with Crippen molar-refractivity contribution in [2.45, 2.75) is 5.88 Å². The molecule has 0 amide bonds. The van der Waals surface area contributed by atoms with Crippen molar-refractivity contribution in [3.05, 3.63) is 28.6 Å². The number of halogens is 1. The van der Waals surface area contributed by atoms with E-state index in [4.69, 9.17) is 11.6 Å². The molecule has 2 aromatic rings. The molecule has 0 radical (unpaired) electrons. The summed E-state index contributed by atoms with van der Waals surface area (Å²) in [6.45, 7) is 0. The first-order chi connectivity index (χ1) is 6.76. The molecule has 1 N–H and O–H groups in total. The second-order valence-electron chi connectivity index (χ2n) is 2.89. The van der Waals surface area contributed by atoms with Crippen LogP contribution in [0.25, 0.3) is 10.1 Å². The molecule has 14 heavy (non-hydrogen) atoms. The number of rotatable bonds is 2. The molecule has 0 bridgehead atoms. The van der Waals surface area contributed by atoms with E-state index < -0.39 is 0 Å². The molecule has 1 heterocycles. The van der Waals surface area contributed by atoms with E-state index in [9.17, 15) is 9.90 Å². The number of hydrogen-bond donors (Lipinski definition) is 1. The monoisotopic (exact) mass is 226 g/mol. The Balaban J connectivity index is 2.81. The zero-order valence-electron chi connectivity index (χ0n) is 7.16. The molecule has 0 aliphatic heterocycles. The Morgan fingerprint density at radius 1 is 1.50 bits per heavy atom. The lowest BCUT2D eigenvalue weighted by molar-refractivity contribution is 0.112. The van der Waals surface area contributed by atoms with Crippen LogP contribution in [0.1, 0.15) is 15.2 Å². The van der Waals surface area contributed by atoms with Gasteiger partial charge in [-0.3, -0.25) is 4.79 Å². The highest BCUT2D eigenvalue weighted by Gasteiger charge is 2.08. The van der Waals surface area contributed by atoms with Crippen LogP contribution in [0.2, 0.25) is 0 Å². The minimum Gasteiger partial charge on any atom is -0.507 e. The van der Waals surface area contributed by atoms with E-state index >= 15 is 0 Å². The summed E-state index contributed by atoms with van der Waals surface area (Å²) in [7, 11) is 0. The van der Waals surface area contributed by atoms with Gasteiger partial charge in [0.2, 0.25) is 0 Å². The minimum absolute atomic E-state index is 0.193. The van der Waals surface area contributed by atoms with Crippen molar-refractivity contribution in [2.75, 3.05) is 0 Å². The Labute approximate surface area is 89.7 Å². The highest BCUT2D eigenvalue weighted by Crippen LogP contribution is 2.34. The zero-order valence-corrected chi connectivity index (χ0v) is 8.73. The van der Waals surface area contributed by atoms with Gasteiger partial charge in [0.15, 0.2) is 6.29 Å². The molecule has 0 fully saturated rings. The molecule has 72 valence electrons. The standard InChI is InChI=1S/C10H7ClO2S/c11-4-6-1-2-9(13)8-3-7(5-12)14-10(6)8/h1-3,5,13H,4H2. The molecule has 0 unspecified atom stereocenters. The Bertz CT molecular complexity index is 490. The Hall–Kier alpha value is -1.06. The van der Waals surface area contributed by atoms with Crippen molar-refractivity contribution in [3.63, 3.8) is 0 Å². The predicted octanol–water partition coefficient (Wildman–Crippen LogP) is 3.16. The van der Waals surface area contributed by atoms with Crippen LogP contribution < -0.4 is 0 Å². The number of thiophene rings is 1. The van der Waals surface area contributed by atoms with Gasteiger partial charge in [-0.2, -0.15) is 0 Å². The van der Waals surface area contributed by atoms with Gasteiger partial charge >= 0.3 is 0 Å². The summed E-state index contributed by atoms with van der Waals surface area (Å²) in [6.07, 6.45) is 0.780. The largest absolute Gasteiger partial charge is 0.507 e. The lowest BCUT2D eigenvalue weighted by Crippen LogP contribution is -1.76.